The summed E-state index contributed by atoms with van der Waals surface area (Å²) in [5, 5.41) is 7.48. The first-order chi connectivity index (χ1) is 9.19. The standard InChI is InChI=1S/C15H23N3O/c1-2-19-14-7-4-8-18(11-14)10-12-5-3-6-13(9-12)15(16)17/h3,5-6,9,14H,2,4,7-8,10-11H2,1H3,(H3,16,17). The molecule has 1 unspecified atom stereocenters. The summed E-state index contributed by atoms with van der Waals surface area (Å²) >= 11 is 0. The summed E-state index contributed by atoms with van der Waals surface area (Å²) in [5.41, 5.74) is 7.54. The highest BCUT2D eigenvalue weighted by atomic mass is 16.5. The van der Waals surface area contributed by atoms with E-state index in [9.17, 15) is 0 Å². The number of nitrogens with two attached hydrogens (primary N) is 1. The molecule has 1 saturated heterocycles. The van der Waals surface area contributed by atoms with Crippen LogP contribution in [-0.2, 0) is 11.3 Å². The Balaban J connectivity index is 1.96. The molecule has 0 bridgehead atoms. The van der Waals surface area contributed by atoms with Gasteiger partial charge in [0.1, 0.15) is 5.84 Å². The molecular formula is C15H23N3O. The molecule has 0 saturated carbocycles. The van der Waals surface area contributed by atoms with Crippen LogP contribution in [0.4, 0.5) is 0 Å². The maximum atomic E-state index is 7.48. The molecule has 2 rings (SSSR count). The summed E-state index contributed by atoms with van der Waals surface area (Å²) < 4.78 is 5.72. The number of nitrogens with zero attached hydrogens (tertiary/aromatic N) is 1. The van der Waals surface area contributed by atoms with Crippen molar-refractivity contribution >= 4 is 5.84 Å². The maximum absolute atomic E-state index is 7.48. The molecule has 0 amide bonds. The average Bonchev–Trinajstić information content (AvgIpc) is 2.40. The zero-order chi connectivity index (χ0) is 13.7. The number of rotatable bonds is 5. The Morgan fingerprint density at radius 2 is 2.37 bits per heavy atom. The fourth-order valence-electron chi connectivity index (χ4n) is 2.62. The molecule has 1 fully saturated rings. The van der Waals surface area contributed by atoms with E-state index in [0.29, 0.717) is 6.10 Å². The number of benzene rings is 1. The van der Waals surface area contributed by atoms with Crippen LogP contribution in [-0.4, -0.2) is 36.5 Å². The van der Waals surface area contributed by atoms with E-state index in [1.165, 1.54) is 12.0 Å². The summed E-state index contributed by atoms with van der Waals surface area (Å²) in [5.74, 6) is 0.132. The SMILES string of the molecule is CCOC1CCCN(Cc2cccc(C(=N)N)c2)C1. The number of likely N-dealkylation sites (tertiary alicyclic amines) is 1. The number of hydrogen-bond acceptors (Lipinski definition) is 3. The van der Waals surface area contributed by atoms with Gasteiger partial charge in [-0.15, -0.1) is 0 Å². The molecule has 1 aliphatic heterocycles. The van der Waals surface area contributed by atoms with Crippen LogP contribution >= 0.6 is 0 Å². The monoisotopic (exact) mass is 261 g/mol. The van der Waals surface area contributed by atoms with Gasteiger partial charge in [-0.3, -0.25) is 10.3 Å². The molecule has 104 valence electrons. The fourth-order valence-corrected chi connectivity index (χ4v) is 2.62. The maximum Gasteiger partial charge on any atom is 0.122 e. The second kappa shape index (κ2) is 6.68. The molecule has 0 radical (unpaired) electrons. The minimum absolute atomic E-state index is 0.132. The van der Waals surface area contributed by atoms with Crippen molar-refractivity contribution in [2.45, 2.75) is 32.4 Å². The number of ether oxygens (including phenoxy) is 1. The van der Waals surface area contributed by atoms with Crippen LogP contribution in [0.15, 0.2) is 24.3 Å². The lowest BCUT2D eigenvalue weighted by atomic mass is 10.1. The molecule has 0 aliphatic carbocycles. The quantitative estimate of drug-likeness (QED) is 0.629. The number of piperidine rings is 1. The first-order valence-corrected chi connectivity index (χ1v) is 6.96. The lowest BCUT2D eigenvalue weighted by Gasteiger charge is -2.32. The topological polar surface area (TPSA) is 62.3 Å². The Morgan fingerprint density at radius 1 is 1.53 bits per heavy atom. The third-order valence-corrected chi connectivity index (χ3v) is 3.51. The van der Waals surface area contributed by atoms with Crippen molar-refractivity contribution in [2.24, 2.45) is 5.73 Å². The lowest BCUT2D eigenvalue weighted by Crippen LogP contribution is -2.39. The highest BCUT2D eigenvalue weighted by molar-refractivity contribution is 5.95. The normalized spacial score (nSPS) is 20.4. The third-order valence-electron chi connectivity index (χ3n) is 3.51. The molecular weight excluding hydrogens is 238 g/mol. The Labute approximate surface area is 115 Å². The first kappa shape index (κ1) is 14.0. The zero-order valence-electron chi connectivity index (χ0n) is 11.6. The van der Waals surface area contributed by atoms with Gasteiger partial charge in [0.15, 0.2) is 0 Å². The number of nitrogens with one attached hydrogen (secondary N) is 1. The Kier molecular flexibility index (Phi) is 4.93. The van der Waals surface area contributed by atoms with Crippen molar-refractivity contribution in [1.29, 1.82) is 5.41 Å². The average molecular weight is 261 g/mol. The molecule has 1 aromatic rings. The van der Waals surface area contributed by atoms with Crippen LogP contribution < -0.4 is 5.73 Å². The molecule has 0 aromatic heterocycles. The van der Waals surface area contributed by atoms with Crippen LogP contribution in [0.1, 0.15) is 30.9 Å². The summed E-state index contributed by atoms with van der Waals surface area (Å²) in [7, 11) is 0. The molecule has 1 aromatic carbocycles. The molecule has 19 heavy (non-hydrogen) atoms. The number of amidine groups is 1. The predicted octanol–water partition coefficient (Wildman–Crippen LogP) is 1.97. The first-order valence-electron chi connectivity index (χ1n) is 6.96. The van der Waals surface area contributed by atoms with Gasteiger partial charge in [-0.1, -0.05) is 18.2 Å². The van der Waals surface area contributed by atoms with Gasteiger partial charge in [0.2, 0.25) is 0 Å². The van der Waals surface area contributed by atoms with Crippen LogP contribution in [0.3, 0.4) is 0 Å². The largest absolute Gasteiger partial charge is 0.384 e. The van der Waals surface area contributed by atoms with Gasteiger partial charge in [-0.25, -0.2) is 0 Å². The summed E-state index contributed by atoms with van der Waals surface area (Å²) in [6.07, 6.45) is 2.73. The van der Waals surface area contributed by atoms with Crippen LogP contribution in [0.2, 0.25) is 0 Å². The smallest absolute Gasteiger partial charge is 0.122 e. The van der Waals surface area contributed by atoms with E-state index in [4.69, 9.17) is 15.9 Å². The van der Waals surface area contributed by atoms with E-state index >= 15 is 0 Å². The molecule has 3 N–H and O–H groups in total. The van der Waals surface area contributed by atoms with E-state index in [-0.39, 0.29) is 5.84 Å². The van der Waals surface area contributed by atoms with Gasteiger partial charge in [-0.05, 0) is 37.9 Å². The van der Waals surface area contributed by atoms with Crippen molar-refractivity contribution in [3.05, 3.63) is 35.4 Å². The lowest BCUT2D eigenvalue weighted by molar-refractivity contribution is 0.00363. The molecule has 4 nitrogen and oxygen atoms in total. The molecule has 1 atom stereocenters. The minimum atomic E-state index is 0.132. The molecule has 0 spiro atoms. The van der Waals surface area contributed by atoms with E-state index in [1.807, 2.05) is 18.2 Å². The summed E-state index contributed by atoms with van der Waals surface area (Å²) in [6, 6.07) is 7.95. The Hall–Kier alpha value is -1.39. The Morgan fingerprint density at radius 3 is 3.11 bits per heavy atom. The fraction of sp³-hybridized carbons (Fsp3) is 0.533. The number of nitrogen functional groups attached to an aromatic ring is 1. The summed E-state index contributed by atoms with van der Waals surface area (Å²) in [4.78, 5) is 2.42. The van der Waals surface area contributed by atoms with Crippen LogP contribution in [0, 0.1) is 5.41 Å². The van der Waals surface area contributed by atoms with Gasteiger partial charge in [-0.2, -0.15) is 0 Å². The van der Waals surface area contributed by atoms with Gasteiger partial charge in [0, 0.05) is 25.3 Å². The number of hydrogen-bond donors (Lipinski definition) is 2. The minimum Gasteiger partial charge on any atom is -0.384 e. The highest BCUT2D eigenvalue weighted by Crippen LogP contribution is 2.16. The van der Waals surface area contributed by atoms with Gasteiger partial charge in [0.05, 0.1) is 6.10 Å². The van der Waals surface area contributed by atoms with Crippen molar-refractivity contribution in [3.8, 4) is 0 Å². The third kappa shape index (κ3) is 4.04. The molecule has 4 heteroatoms. The van der Waals surface area contributed by atoms with Gasteiger partial charge in [0.25, 0.3) is 0 Å². The van der Waals surface area contributed by atoms with Crippen molar-refractivity contribution in [1.82, 2.24) is 4.90 Å². The molecule has 1 heterocycles. The van der Waals surface area contributed by atoms with Crippen molar-refractivity contribution in [3.63, 3.8) is 0 Å². The highest BCUT2D eigenvalue weighted by Gasteiger charge is 2.19. The van der Waals surface area contributed by atoms with Gasteiger partial charge < -0.3 is 10.5 Å². The Bertz CT molecular complexity index is 431. The van der Waals surface area contributed by atoms with Crippen LogP contribution in [0.5, 0.6) is 0 Å². The zero-order valence-corrected chi connectivity index (χ0v) is 11.6. The second-order valence-corrected chi connectivity index (χ2v) is 5.07. The second-order valence-electron chi connectivity index (χ2n) is 5.07. The van der Waals surface area contributed by atoms with Gasteiger partial charge >= 0.3 is 0 Å². The predicted molar refractivity (Wildman–Crippen MR) is 77.4 cm³/mol. The molecule has 1 aliphatic rings. The van der Waals surface area contributed by atoms with Crippen LogP contribution in [0.25, 0.3) is 0 Å². The van der Waals surface area contributed by atoms with Crippen molar-refractivity contribution in [2.75, 3.05) is 19.7 Å². The van der Waals surface area contributed by atoms with E-state index < -0.39 is 0 Å². The van der Waals surface area contributed by atoms with Crippen molar-refractivity contribution < 1.29 is 4.74 Å². The summed E-state index contributed by atoms with van der Waals surface area (Å²) in [6.45, 7) is 5.87. The van der Waals surface area contributed by atoms with E-state index in [2.05, 4.69) is 17.9 Å². The van der Waals surface area contributed by atoms with E-state index in [1.54, 1.807) is 0 Å². The van der Waals surface area contributed by atoms with E-state index in [0.717, 1.165) is 38.2 Å².